The van der Waals surface area contributed by atoms with Gasteiger partial charge in [-0.15, -0.1) is 0 Å². The molecule has 0 aromatic heterocycles. The highest BCUT2D eigenvalue weighted by molar-refractivity contribution is 6.05. The molecule has 0 radical (unpaired) electrons. The lowest BCUT2D eigenvalue weighted by atomic mass is 10.0. The van der Waals surface area contributed by atoms with Gasteiger partial charge in [-0.05, 0) is 66.9 Å². The van der Waals surface area contributed by atoms with Crippen molar-refractivity contribution in [2.75, 3.05) is 5.32 Å². The van der Waals surface area contributed by atoms with E-state index in [1.807, 2.05) is 26.0 Å². The molecule has 0 aliphatic rings. The first-order chi connectivity index (χ1) is 12.4. The van der Waals surface area contributed by atoms with Crippen LogP contribution in [0.2, 0.25) is 0 Å². The van der Waals surface area contributed by atoms with Gasteiger partial charge in [0.1, 0.15) is 6.34 Å². The van der Waals surface area contributed by atoms with Crippen molar-refractivity contribution in [1.82, 2.24) is 5.43 Å². The Morgan fingerprint density at radius 2 is 1.85 bits per heavy atom. The Hall–Kier alpha value is -3.45. The van der Waals surface area contributed by atoms with E-state index in [9.17, 15) is 9.59 Å². The Morgan fingerprint density at radius 1 is 1.15 bits per heavy atom. The molecule has 0 bridgehead atoms. The van der Waals surface area contributed by atoms with Crippen LogP contribution < -0.4 is 16.6 Å². The highest BCUT2D eigenvalue weighted by atomic mass is 16.4. The number of carboxylic acids is 1. The molecular weight excluding hydrogens is 332 g/mol. The average molecular weight is 352 g/mol. The topological polar surface area (TPSA) is 117 Å². The predicted molar refractivity (Wildman–Crippen MR) is 102 cm³/mol. The van der Waals surface area contributed by atoms with Crippen molar-refractivity contribution in [2.45, 2.75) is 13.8 Å². The first-order valence-electron chi connectivity index (χ1n) is 7.83. The van der Waals surface area contributed by atoms with Crippen LogP contribution in [-0.4, -0.2) is 23.3 Å². The zero-order valence-electron chi connectivity index (χ0n) is 14.5. The Labute approximate surface area is 151 Å². The lowest BCUT2D eigenvalue weighted by molar-refractivity contribution is -0.131. The van der Waals surface area contributed by atoms with E-state index in [-0.39, 0.29) is 5.91 Å². The van der Waals surface area contributed by atoms with Gasteiger partial charge in [-0.25, -0.2) is 15.6 Å². The summed E-state index contributed by atoms with van der Waals surface area (Å²) >= 11 is 0. The average Bonchev–Trinajstić information content (AvgIpc) is 2.61. The van der Waals surface area contributed by atoms with Gasteiger partial charge >= 0.3 is 5.97 Å². The number of hydrogen-bond acceptors (Lipinski definition) is 4. The summed E-state index contributed by atoms with van der Waals surface area (Å²) in [7, 11) is 0. The van der Waals surface area contributed by atoms with Gasteiger partial charge in [0.05, 0.1) is 5.69 Å². The van der Waals surface area contributed by atoms with Gasteiger partial charge in [0.2, 0.25) is 0 Å². The van der Waals surface area contributed by atoms with Gasteiger partial charge < -0.3 is 15.8 Å². The number of nitrogens with zero attached hydrogens (tertiary/aromatic N) is 1. The Kier molecular flexibility index (Phi) is 6.24. The summed E-state index contributed by atoms with van der Waals surface area (Å²) in [6.45, 7) is 3.71. The minimum Gasteiger partial charge on any atom is -0.478 e. The maximum atomic E-state index is 12.5. The molecule has 0 aliphatic heterocycles. The van der Waals surface area contributed by atoms with Crippen molar-refractivity contribution in [3.05, 3.63) is 64.7 Å². The first kappa shape index (κ1) is 18.9. The molecule has 0 saturated carbocycles. The van der Waals surface area contributed by atoms with E-state index in [1.54, 1.807) is 24.3 Å². The molecular formula is C19H20N4O3. The zero-order valence-corrected chi connectivity index (χ0v) is 14.5. The van der Waals surface area contributed by atoms with Crippen LogP contribution >= 0.6 is 0 Å². The van der Waals surface area contributed by atoms with Gasteiger partial charge in [0.25, 0.3) is 5.91 Å². The van der Waals surface area contributed by atoms with Gasteiger partial charge in [-0.1, -0.05) is 6.07 Å². The highest BCUT2D eigenvalue weighted by Crippen LogP contribution is 2.24. The van der Waals surface area contributed by atoms with E-state index in [0.717, 1.165) is 22.8 Å². The third-order valence-electron chi connectivity index (χ3n) is 3.61. The number of anilines is 1. The van der Waals surface area contributed by atoms with Crippen LogP contribution in [-0.2, 0) is 4.79 Å². The van der Waals surface area contributed by atoms with Crippen LogP contribution in [0.15, 0.2) is 47.5 Å². The molecule has 2 aromatic carbocycles. The second kappa shape index (κ2) is 8.59. The molecule has 0 heterocycles. The highest BCUT2D eigenvalue weighted by Gasteiger charge is 2.11. The van der Waals surface area contributed by atoms with E-state index in [4.69, 9.17) is 10.9 Å². The first-order valence-corrected chi connectivity index (χ1v) is 7.83. The number of carbonyl (C=O) groups excluding carboxylic acids is 1. The molecule has 0 unspecified atom stereocenters. The van der Waals surface area contributed by atoms with Crippen molar-refractivity contribution in [3.63, 3.8) is 0 Å². The van der Waals surface area contributed by atoms with E-state index in [2.05, 4.69) is 15.7 Å². The summed E-state index contributed by atoms with van der Waals surface area (Å²) in [6.07, 6.45) is 3.92. The number of nitrogens with two attached hydrogens (primary N) is 1. The SMILES string of the molecule is Cc1cc(C=CC(=O)O)cc(C)c1NC(=O)c1cccc(N=CNN)c1. The smallest absolute Gasteiger partial charge is 0.328 e. The normalized spacial score (nSPS) is 11.0. The molecule has 2 aromatic rings. The summed E-state index contributed by atoms with van der Waals surface area (Å²) in [5.74, 6) is 3.87. The van der Waals surface area contributed by atoms with Gasteiger partial charge in [0, 0.05) is 17.3 Å². The molecule has 0 aliphatic carbocycles. The van der Waals surface area contributed by atoms with Crippen molar-refractivity contribution in [2.24, 2.45) is 10.8 Å². The van der Waals surface area contributed by atoms with Crippen molar-refractivity contribution in [1.29, 1.82) is 0 Å². The van der Waals surface area contributed by atoms with Crippen molar-refractivity contribution < 1.29 is 14.7 Å². The molecule has 0 saturated heterocycles. The van der Waals surface area contributed by atoms with E-state index >= 15 is 0 Å². The molecule has 0 fully saturated rings. The molecule has 7 heteroatoms. The molecule has 5 N–H and O–H groups in total. The summed E-state index contributed by atoms with van der Waals surface area (Å²) in [4.78, 5) is 27.2. The molecule has 2 rings (SSSR count). The number of nitrogens with one attached hydrogen (secondary N) is 2. The third-order valence-corrected chi connectivity index (χ3v) is 3.61. The fourth-order valence-corrected chi connectivity index (χ4v) is 2.48. The van der Waals surface area contributed by atoms with Crippen LogP contribution in [0.25, 0.3) is 6.08 Å². The molecule has 0 atom stereocenters. The number of carbonyl (C=O) groups is 2. The Bertz CT molecular complexity index is 865. The fourth-order valence-electron chi connectivity index (χ4n) is 2.48. The minimum atomic E-state index is -1.01. The van der Waals surface area contributed by atoms with E-state index < -0.39 is 5.97 Å². The summed E-state index contributed by atoms with van der Waals surface area (Å²) in [5.41, 5.74) is 6.49. The minimum absolute atomic E-state index is 0.261. The molecule has 26 heavy (non-hydrogen) atoms. The Balaban J connectivity index is 2.24. The second-order valence-corrected chi connectivity index (χ2v) is 5.63. The van der Waals surface area contributed by atoms with Crippen LogP contribution in [0.4, 0.5) is 11.4 Å². The lowest BCUT2D eigenvalue weighted by Crippen LogP contribution is -2.18. The van der Waals surface area contributed by atoms with Crippen LogP contribution in [0.3, 0.4) is 0 Å². The molecule has 7 nitrogen and oxygen atoms in total. The van der Waals surface area contributed by atoms with Gasteiger partial charge in [-0.3, -0.25) is 4.79 Å². The molecule has 134 valence electrons. The maximum absolute atomic E-state index is 12.5. The number of aryl methyl sites for hydroxylation is 2. The number of aliphatic carboxylic acids is 1. The number of aliphatic imine (C=N–C) groups is 1. The van der Waals surface area contributed by atoms with Gasteiger partial charge in [0.15, 0.2) is 0 Å². The third kappa shape index (κ3) is 5.02. The second-order valence-electron chi connectivity index (χ2n) is 5.63. The quantitative estimate of drug-likeness (QED) is 0.210. The number of carboxylic acid groups (broad SMARTS) is 1. The summed E-state index contributed by atoms with van der Waals surface area (Å²) in [6, 6.07) is 10.5. The number of benzene rings is 2. The summed E-state index contributed by atoms with van der Waals surface area (Å²) < 4.78 is 0. The van der Waals surface area contributed by atoms with Crippen LogP contribution in [0.1, 0.15) is 27.0 Å². The van der Waals surface area contributed by atoms with E-state index in [0.29, 0.717) is 16.9 Å². The fraction of sp³-hybridized carbons (Fsp3) is 0.105. The Morgan fingerprint density at radius 3 is 2.46 bits per heavy atom. The molecule has 1 amide bonds. The summed E-state index contributed by atoms with van der Waals surface area (Å²) in [5, 5.41) is 11.6. The monoisotopic (exact) mass is 352 g/mol. The largest absolute Gasteiger partial charge is 0.478 e. The zero-order chi connectivity index (χ0) is 19.1. The number of rotatable bonds is 6. The number of hydrazine groups is 1. The van der Waals surface area contributed by atoms with Crippen molar-refractivity contribution >= 4 is 35.7 Å². The van der Waals surface area contributed by atoms with Crippen LogP contribution in [0, 0.1) is 13.8 Å². The van der Waals surface area contributed by atoms with Crippen molar-refractivity contribution in [3.8, 4) is 0 Å². The predicted octanol–water partition coefficient (Wildman–Crippen LogP) is 2.78. The number of hydrogen-bond donors (Lipinski definition) is 4. The molecule has 0 spiro atoms. The lowest BCUT2D eigenvalue weighted by Gasteiger charge is -2.13. The standard InChI is InChI=1S/C19H20N4O3/c1-12-8-14(6-7-17(24)25)9-13(2)18(12)23-19(26)15-4-3-5-16(10-15)21-11-22-20/h3-11H,20H2,1-2H3,(H,21,22)(H,23,26)(H,24,25). The van der Waals surface area contributed by atoms with Crippen LogP contribution in [0.5, 0.6) is 0 Å². The van der Waals surface area contributed by atoms with E-state index in [1.165, 1.54) is 12.4 Å². The number of amides is 1. The van der Waals surface area contributed by atoms with Gasteiger partial charge in [-0.2, -0.15) is 0 Å². The maximum Gasteiger partial charge on any atom is 0.328 e.